The van der Waals surface area contributed by atoms with Crippen LogP contribution in [0.1, 0.15) is 19.3 Å². The monoisotopic (exact) mass is 265 g/mol. The summed E-state index contributed by atoms with van der Waals surface area (Å²) in [6.45, 7) is 0.640. The fraction of sp³-hybridized carbons (Fsp3) is 0.357. The Kier molecular flexibility index (Phi) is 6.75. The molecule has 0 saturated heterocycles. The Hall–Kier alpha value is -1.66. The van der Waals surface area contributed by atoms with Crippen molar-refractivity contribution >= 4 is 17.5 Å². The standard InChI is InChI=1S/C14H16ClNO2/c1-2-3-4-5-10-16-14(17)11-18-13-8-6-12(15)7-9-13/h1,6-9H,3-5,10-11H2,(H,16,17). The highest BCUT2D eigenvalue weighted by atomic mass is 35.5. The van der Waals surface area contributed by atoms with Crippen LogP contribution in [-0.2, 0) is 4.79 Å². The van der Waals surface area contributed by atoms with E-state index in [4.69, 9.17) is 22.8 Å². The largest absolute Gasteiger partial charge is 0.484 e. The van der Waals surface area contributed by atoms with Gasteiger partial charge in [-0.15, -0.1) is 12.3 Å². The Morgan fingerprint density at radius 3 is 2.72 bits per heavy atom. The normalized spacial score (nSPS) is 9.56. The zero-order valence-corrected chi connectivity index (χ0v) is 10.9. The van der Waals surface area contributed by atoms with Gasteiger partial charge in [0.25, 0.3) is 5.91 Å². The third kappa shape index (κ3) is 6.17. The van der Waals surface area contributed by atoms with E-state index < -0.39 is 0 Å². The second-order valence-corrected chi connectivity index (χ2v) is 4.19. The molecule has 18 heavy (non-hydrogen) atoms. The number of unbranched alkanes of at least 4 members (excludes halogenated alkanes) is 2. The summed E-state index contributed by atoms with van der Waals surface area (Å²) in [6, 6.07) is 6.88. The molecule has 0 aliphatic heterocycles. The van der Waals surface area contributed by atoms with Crippen LogP contribution in [0.4, 0.5) is 0 Å². The molecule has 1 amide bonds. The van der Waals surface area contributed by atoms with E-state index in [1.807, 2.05) is 0 Å². The highest BCUT2D eigenvalue weighted by Crippen LogP contribution is 2.15. The number of ether oxygens (including phenoxy) is 1. The lowest BCUT2D eigenvalue weighted by Gasteiger charge is -2.07. The van der Waals surface area contributed by atoms with Crippen LogP contribution in [0.5, 0.6) is 5.75 Å². The first kappa shape index (κ1) is 14.4. The highest BCUT2D eigenvalue weighted by Gasteiger charge is 2.01. The number of carbonyl (C=O) groups excluding carboxylic acids is 1. The predicted molar refractivity (Wildman–Crippen MR) is 72.6 cm³/mol. The summed E-state index contributed by atoms with van der Waals surface area (Å²) in [4.78, 5) is 11.4. The highest BCUT2D eigenvalue weighted by molar-refractivity contribution is 6.30. The quantitative estimate of drug-likeness (QED) is 0.608. The first-order valence-electron chi connectivity index (χ1n) is 5.81. The Labute approximate surface area is 112 Å². The van der Waals surface area contributed by atoms with Crippen LogP contribution in [0.25, 0.3) is 0 Å². The zero-order chi connectivity index (χ0) is 13.2. The number of rotatable bonds is 7. The zero-order valence-electron chi connectivity index (χ0n) is 10.1. The molecule has 0 aliphatic rings. The number of halogens is 1. The first-order chi connectivity index (χ1) is 8.72. The Morgan fingerprint density at radius 2 is 2.06 bits per heavy atom. The molecule has 3 nitrogen and oxygen atoms in total. The molecule has 0 spiro atoms. The lowest BCUT2D eigenvalue weighted by Crippen LogP contribution is -2.29. The van der Waals surface area contributed by atoms with E-state index in [1.54, 1.807) is 24.3 Å². The minimum Gasteiger partial charge on any atom is -0.484 e. The molecule has 4 heteroatoms. The van der Waals surface area contributed by atoms with E-state index in [0.717, 1.165) is 19.3 Å². The van der Waals surface area contributed by atoms with Crippen molar-refractivity contribution in [1.29, 1.82) is 0 Å². The molecule has 0 radical (unpaired) electrons. The van der Waals surface area contributed by atoms with Gasteiger partial charge in [0.05, 0.1) is 0 Å². The molecule has 1 aromatic carbocycles. The van der Waals surface area contributed by atoms with E-state index in [2.05, 4.69) is 11.2 Å². The first-order valence-corrected chi connectivity index (χ1v) is 6.18. The van der Waals surface area contributed by atoms with Crippen LogP contribution < -0.4 is 10.1 Å². The molecule has 1 rings (SSSR count). The van der Waals surface area contributed by atoms with Gasteiger partial charge in [0.2, 0.25) is 0 Å². The number of terminal acetylenes is 1. The summed E-state index contributed by atoms with van der Waals surface area (Å²) in [7, 11) is 0. The van der Waals surface area contributed by atoms with Crippen LogP contribution in [0.2, 0.25) is 5.02 Å². The molecular weight excluding hydrogens is 250 g/mol. The second kappa shape index (κ2) is 8.43. The number of amides is 1. The van der Waals surface area contributed by atoms with Gasteiger partial charge in [-0.25, -0.2) is 0 Å². The fourth-order valence-electron chi connectivity index (χ4n) is 1.31. The van der Waals surface area contributed by atoms with Crippen LogP contribution in [0.15, 0.2) is 24.3 Å². The van der Waals surface area contributed by atoms with Crippen LogP contribution in [0, 0.1) is 12.3 Å². The molecule has 0 aromatic heterocycles. The number of carbonyl (C=O) groups is 1. The van der Waals surface area contributed by atoms with Gasteiger partial charge >= 0.3 is 0 Å². The van der Waals surface area contributed by atoms with Crippen molar-refractivity contribution in [3.63, 3.8) is 0 Å². The van der Waals surface area contributed by atoms with Gasteiger partial charge in [-0.2, -0.15) is 0 Å². The third-order valence-electron chi connectivity index (χ3n) is 2.25. The maximum Gasteiger partial charge on any atom is 0.257 e. The predicted octanol–water partition coefficient (Wildman–Crippen LogP) is 2.64. The van der Waals surface area contributed by atoms with Gasteiger partial charge in [-0.1, -0.05) is 11.6 Å². The van der Waals surface area contributed by atoms with E-state index in [1.165, 1.54) is 0 Å². The third-order valence-corrected chi connectivity index (χ3v) is 2.51. The number of benzene rings is 1. The summed E-state index contributed by atoms with van der Waals surface area (Å²) >= 11 is 5.74. The van der Waals surface area contributed by atoms with E-state index in [9.17, 15) is 4.79 Å². The van der Waals surface area contributed by atoms with Crippen molar-refractivity contribution in [3.8, 4) is 18.1 Å². The summed E-state index contributed by atoms with van der Waals surface area (Å²) < 4.78 is 5.30. The van der Waals surface area contributed by atoms with Crippen molar-refractivity contribution in [2.75, 3.05) is 13.2 Å². The van der Waals surface area contributed by atoms with Crippen molar-refractivity contribution < 1.29 is 9.53 Å². The van der Waals surface area contributed by atoms with Crippen molar-refractivity contribution in [3.05, 3.63) is 29.3 Å². The second-order valence-electron chi connectivity index (χ2n) is 3.75. The van der Waals surface area contributed by atoms with Gasteiger partial charge in [0.1, 0.15) is 5.75 Å². The molecular formula is C14H16ClNO2. The van der Waals surface area contributed by atoms with Crippen LogP contribution in [-0.4, -0.2) is 19.1 Å². The van der Waals surface area contributed by atoms with Crippen molar-refractivity contribution in [1.82, 2.24) is 5.32 Å². The molecule has 1 N–H and O–H groups in total. The number of hydrogen-bond donors (Lipinski definition) is 1. The molecule has 1 aromatic rings. The van der Waals surface area contributed by atoms with Gasteiger partial charge in [0, 0.05) is 18.0 Å². The molecule has 0 fully saturated rings. The average molecular weight is 266 g/mol. The molecule has 0 heterocycles. The Morgan fingerprint density at radius 1 is 1.33 bits per heavy atom. The minimum absolute atomic E-state index is 0.0107. The van der Waals surface area contributed by atoms with E-state index in [-0.39, 0.29) is 12.5 Å². The average Bonchev–Trinajstić information content (AvgIpc) is 2.38. The summed E-state index contributed by atoms with van der Waals surface area (Å²) in [5, 5.41) is 3.40. The SMILES string of the molecule is C#CCCCCNC(=O)COc1ccc(Cl)cc1. The lowest BCUT2D eigenvalue weighted by atomic mass is 10.2. The maximum atomic E-state index is 11.4. The number of nitrogens with one attached hydrogen (secondary N) is 1. The fourth-order valence-corrected chi connectivity index (χ4v) is 1.44. The van der Waals surface area contributed by atoms with Gasteiger partial charge in [-0.3, -0.25) is 4.79 Å². The molecule has 0 atom stereocenters. The molecule has 0 bridgehead atoms. The Bertz CT molecular complexity index is 409. The van der Waals surface area contributed by atoms with Crippen LogP contribution in [0.3, 0.4) is 0 Å². The van der Waals surface area contributed by atoms with E-state index >= 15 is 0 Å². The molecule has 0 aliphatic carbocycles. The van der Waals surface area contributed by atoms with Crippen molar-refractivity contribution in [2.24, 2.45) is 0 Å². The Balaban J connectivity index is 2.13. The number of hydrogen-bond acceptors (Lipinski definition) is 2. The summed E-state index contributed by atoms with van der Waals surface area (Å²) in [5.41, 5.74) is 0. The minimum atomic E-state index is -0.134. The van der Waals surface area contributed by atoms with E-state index in [0.29, 0.717) is 17.3 Å². The van der Waals surface area contributed by atoms with Gasteiger partial charge in [0.15, 0.2) is 6.61 Å². The van der Waals surface area contributed by atoms with Crippen LogP contribution >= 0.6 is 11.6 Å². The van der Waals surface area contributed by atoms with Gasteiger partial charge < -0.3 is 10.1 Å². The summed E-state index contributed by atoms with van der Waals surface area (Å²) in [6.07, 6.45) is 7.68. The topological polar surface area (TPSA) is 38.3 Å². The van der Waals surface area contributed by atoms with Crippen molar-refractivity contribution in [2.45, 2.75) is 19.3 Å². The van der Waals surface area contributed by atoms with Gasteiger partial charge in [-0.05, 0) is 37.1 Å². The molecule has 96 valence electrons. The molecule has 0 unspecified atom stereocenters. The maximum absolute atomic E-state index is 11.4. The smallest absolute Gasteiger partial charge is 0.257 e. The summed E-state index contributed by atoms with van der Waals surface area (Å²) in [5.74, 6) is 3.05. The molecule has 0 saturated carbocycles. The lowest BCUT2D eigenvalue weighted by molar-refractivity contribution is -0.123.